The molecule has 2 aliphatic heterocycles. The molecule has 0 aromatic heterocycles. The predicted octanol–water partition coefficient (Wildman–Crippen LogP) is 3.24. The van der Waals surface area contributed by atoms with Gasteiger partial charge in [-0.05, 0) is 57.6 Å². The summed E-state index contributed by atoms with van der Waals surface area (Å²) < 4.78 is 16.6. The Balaban J connectivity index is 1.61. The van der Waals surface area contributed by atoms with Crippen LogP contribution in [0.2, 0.25) is 0 Å². The van der Waals surface area contributed by atoms with Crippen molar-refractivity contribution >= 4 is 12.1 Å². The zero-order valence-electron chi connectivity index (χ0n) is 22.1. The van der Waals surface area contributed by atoms with Crippen molar-refractivity contribution in [3.8, 4) is 0 Å². The number of piperidine rings is 1. The topological polar surface area (TPSA) is 101 Å². The van der Waals surface area contributed by atoms with Crippen molar-refractivity contribution in [3.63, 3.8) is 0 Å². The van der Waals surface area contributed by atoms with Gasteiger partial charge in [-0.3, -0.25) is 0 Å². The van der Waals surface area contributed by atoms with Gasteiger partial charge in [0.2, 0.25) is 0 Å². The number of amides is 3. The molecule has 1 aromatic rings. The number of hydrogen-bond acceptors (Lipinski definition) is 6. The molecule has 36 heavy (non-hydrogen) atoms. The molecule has 2 aliphatic rings. The van der Waals surface area contributed by atoms with Gasteiger partial charge in [0.05, 0.1) is 19.8 Å². The number of ether oxygens (including phenoxy) is 3. The third kappa shape index (κ3) is 8.94. The van der Waals surface area contributed by atoms with E-state index in [2.05, 4.69) is 51.9 Å². The lowest BCUT2D eigenvalue weighted by Crippen LogP contribution is -2.52. The molecule has 0 aliphatic carbocycles. The zero-order chi connectivity index (χ0) is 25.8. The summed E-state index contributed by atoms with van der Waals surface area (Å²) in [5.41, 5.74) is 2.28. The van der Waals surface area contributed by atoms with Crippen molar-refractivity contribution in [1.29, 1.82) is 0 Å². The summed E-state index contributed by atoms with van der Waals surface area (Å²) in [7, 11) is 3.27. The number of nitrogens with one attached hydrogen (secondary N) is 3. The molecule has 0 radical (unpaired) electrons. The molecule has 3 N–H and O–H groups in total. The fourth-order valence-electron chi connectivity index (χ4n) is 5.21. The largest absolute Gasteiger partial charge is 0.453 e. The number of rotatable bonds is 11. The van der Waals surface area contributed by atoms with Gasteiger partial charge in [-0.1, -0.05) is 29.8 Å². The van der Waals surface area contributed by atoms with Crippen molar-refractivity contribution in [2.75, 3.05) is 60.2 Å². The van der Waals surface area contributed by atoms with Crippen LogP contribution in [0.5, 0.6) is 0 Å². The maximum Gasteiger partial charge on any atom is 0.406 e. The molecule has 2 heterocycles. The fourth-order valence-corrected chi connectivity index (χ4v) is 5.21. The first-order chi connectivity index (χ1) is 17.5. The molecular weight excluding hydrogens is 460 g/mol. The van der Waals surface area contributed by atoms with Gasteiger partial charge in [-0.25, -0.2) is 9.59 Å². The highest BCUT2D eigenvalue weighted by Crippen LogP contribution is 2.33. The molecule has 202 valence electrons. The number of likely N-dealkylation sites (tertiary alicyclic amines) is 1. The molecule has 1 unspecified atom stereocenters. The van der Waals surface area contributed by atoms with Crippen LogP contribution in [0.25, 0.3) is 0 Å². The van der Waals surface area contributed by atoms with Gasteiger partial charge in [0.25, 0.3) is 0 Å². The molecule has 0 saturated carbocycles. The van der Waals surface area contributed by atoms with Gasteiger partial charge < -0.3 is 35.1 Å². The summed E-state index contributed by atoms with van der Waals surface area (Å²) in [6, 6.07) is 8.44. The summed E-state index contributed by atoms with van der Waals surface area (Å²) in [6.07, 6.45) is 4.45. The normalized spacial score (nSPS) is 21.9. The fraction of sp³-hybridized carbons (Fsp3) is 0.704. The third-order valence-corrected chi connectivity index (χ3v) is 7.08. The minimum Gasteiger partial charge on any atom is -0.453 e. The summed E-state index contributed by atoms with van der Waals surface area (Å²) >= 11 is 0. The van der Waals surface area contributed by atoms with E-state index < -0.39 is 6.09 Å². The summed E-state index contributed by atoms with van der Waals surface area (Å²) in [6.45, 7) is 6.53. The van der Waals surface area contributed by atoms with Gasteiger partial charge in [0, 0.05) is 51.4 Å². The number of alkyl carbamates (subject to hydrolysis) is 1. The number of benzene rings is 1. The maximum absolute atomic E-state index is 13.3. The summed E-state index contributed by atoms with van der Waals surface area (Å²) in [5.74, 6) is 0.657. The van der Waals surface area contributed by atoms with Gasteiger partial charge in [-0.2, -0.15) is 0 Å². The molecule has 4 atom stereocenters. The lowest BCUT2D eigenvalue weighted by Gasteiger charge is -2.38. The Labute approximate surface area is 215 Å². The first kappa shape index (κ1) is 28.2. The van der Waals surface area contributed by atoms with Crippen LogP contribution in [0.15, 0.2) is 24.3 Å². The van der Waals surface area contributed by atoms with E-state index in [0.717, 1.165) is 64.0 Å². The molecular formula is C27H44N4O5. The Bertz CT molecular complexity index is 800. The first-order valence-electron chi connectivity index (χ1n) is 13.3. The van der Waals surface area contributed by atoms with Gasteiger partial charge >= 0.3 is 12.1 Å². The second-order valence-electron chi connectivity index (χ2n) is 9.99. The Morgan fingerprint density at radius 2 is 2.00 bits per heavy atom. The molecule has 9 nitrogen and oxygen atoms in total. The van der Waals surface area contributed by atoms with Crippen molar-refractivity contribution in [3.05, 3.63) is 35.4 Å². The average Bonchev–Trinajstić information content (AvgIpc) is 2.90. The molecule has 9 heteroatoms. The van der Waals surface area contributed by atoms with Crippen molar-refractivity contribution < 1.29 is 23.8 Å². The highest BCUT2D eigenvalue weighted by Gasteiger charge is 2.32. The minimum absolute atomic E-state index is 0.00769. The van der Waals surface area contributed by atoms with E-state index in [-0.39, 0.29) is 24.1 Å². The van der Waals surface area contributed by atoms with E-state index in [4.69, 9.17) is 9.47 Å². The van der Waals surface area contributed by atoms with Crippen LogP contribution in [0.1, 0.15) is 49.3 Å². The Morgan fingerprint density at radius 3 is 2.69 bits per heavy atom. The molecule has 3 rings (SSSR count). The van der Waals surface area contributed by atoms with Gasteiger partial charge in [-0.15, -0.1) is 0 Å². The highest BCUT2D eigenvalue weighted by atomic mass is 16.5. The SMILES string of the molecule is CNC[C@H](C[C@H]1CCCOC1)NC(=O)N1CCCC([C@@H](OCCNC(=O)OC)c2ccc(C)cc2)C1. The minimum atomic E-state index is -0.470. The van der Waals surface area contributed by atoms with Crippen LogP contribution >= 0.6 is 0 Å². The number of nitrogens with zero attached hydrogens (tertiary/aromatic N) is 1. The summed E-state index contributed by atoms with van der Waals surface area (Å²) in [4.78, 5) is 26.6. The van der Waals surface area contributed by atoms with Crippen molar-refractivity contribution in [1.82, 2.24) is 20.9 Å². The van der Waals surface area contributed by atoms with Crippen LogP contribution < -0.4 is 16.0 Å². The van der Waals surface area contributed by atoms with Gasteiger partial charge in [0.15, 0.2) is 0 Å². The predicted molar refractivity (Wildman–Crippen MR) is 139 cm³/mol. The molecule has 0 spiro atoms. The van der Waals surface area contributed by atoms with Crippen LogP contribution in [0.4, 0.5) is 9.59 Å². The van der Waals surface area contributed by atoms with E-state index in [1.54, 1.807) is 0 Å². The smallest absolute Gasteiger partial charge is 0.406 e. The number of aryl methyl sites for hydroxylation is 1. The molecule has 2 saturated heterocycles. The first-order valence-corrected chi connectivity index (χ1v) is 13.3. The Morgan fingerprint density at radius 1 is 1.19 bits per heavy atom. The molecule has 1 aromatic carbocycles. The molecule has 0 bridgehead atoms. The second-order valence-corrected chi connectivity index (χ2v) is 9.99. The lowest BCUT2D eigenvalue weighted by molar-refractivity contribution is -0.00874. The number of methoxy groups -OCH3 is 1. The van der Waals surface area contributed by atoms with Gasteiger partial charge in [0.1, 0.15) is 0 Å². The molecule has 2 fully saturated rings. The monoisotopic (exact) mass is 504 g/mol. The lowest BCUT2D eigenvalue weighted by atomic mass is 9.88. The van der Waals surface area contributed by atoms with Crippen LogP contribution in [0, 0.1) is 18.8 Å². The number of urea groups is 1. The Kier molecular flexibility index (Phi) is 11.8. The van der Waals surface area contributed by atoms with Crippen molar-refractivity contribution in [2.45, 2.75) is 51.2 Å². The Hall–Kier alpha value is -2.36. The van der Waals surface area contributed by atoms with Crippen molar-refractivity contribution in [2.24, 2.45) is 11.8 Å². The van der Waals surface area contributed by atoms with Crippen LogP contribution in [0.3, 0.4) is 0 Å². The van der Waals surface area contributed by atoms with E-state index >= 15 is 0 Å². The van der Waals surface area contributed by atoms with E-state index in [1.165, 1.54) is 12.7 Å². The molecule has 3 amide bonds. The number of carbonyl (C=O) groups excluding carboxylic acids is 2. The third-order valence-electron chi connectivity index (χ3n) is 7.08. The number of likely N-dealkylation sites (N-methyl/N-ethyl adjacent to an activating group) is 1. The quantitative estimate of drug-likeness (QED) is 0.400. The maximum atomic E-state index is 13.3. The van der Waals surface area contributed by atoms with E-state index in [1.807, 2.05) is 11.9 Å². The van der Waals surface area contributed by atoms with Crippen LogP contribution in [-0.2, 0) is 14.2 Å². The second kappa shape index (κ2) is 15.0. The van der Waals surface area contributed by atoms with Crippen LogP contribution in [-0.4, -0.2) is 83.2 Å². The van der Waals surface area contributed by atoms with E-state index in [0.29, 0.717) is 25.6 Å². The average molecular weight is 505 g/mol. The van der Waals surface area contributed by atoms with E-state index in [9.17, 15) is 9.59 Å². The number of hydrogen-bond donors (Lipinski definition) is 3. The summed E-state index contributed by atoms with van der Waals surface area (Å²) in [5, 5.41) is 9.18. The highest BCUT2D eigenvalue weighted by molar-refractivity contribution is 5.74. The zero-order valence-corrected chi connectivity index (χ0v) is 22.1. The standard InChI is InChI=1S/C27H44N4O5/c1-20-8-10-22(11-9-20)25(36-15-12-29-27(33)34-3)23-7-4-13-31(18-23)26(32)30-24(17-28-2)16-21-6-5-14-35-19-21/h8-11,21,23-25,28H,4-7,12-19H2,1-3H3,(H,29,33)(H,30,32)/t21-,23?,24+,25+/m1/s1. The number of carbonyl (C=O) groups is 2.